The van der Waals surface area contributed by atoms with Crippen molar-refractivity contribution < 1.29 is 9.59 Å². The van der Waals surface area contributed by atoms with Crippen LogP contribution in [0.4, 0.5) is 0 Å². The van der Waals surface area contributed by atoms with Crippen molar-refractivity contribution in [2.24, 2.45) is 0 Å². The Hall–Kier alpha value is -1.64. The monoisotopic (exact) mass is 165 g/mol. The molecule has 0 aromatic heterocycles. The lowest BCUT2D eigenvalue weighted by molar-refractivity contribution is -0.136. The third-order valence-corrected chi connectivity index (χ3v) is 1.18. The molecule has 0 spiro atoms. The van der Waals surface area contributed by atoms with Crippen LogP contribution in [0.25, 0.3) is 0 Å². The fraction of sp³-hybridized carbons (Fsp3) is 0.111. The molecule has 0 unspecified atom stereocenters. The zero-order chi connectivity index (χ0) is 9.72. The first kappa shape index (κ1) is 10.4. The van der Waals surface area contributed by atoms with Crippen molar-refractivity contribution in [2.75, 3.05) is 0 Å². The Kier molecular flexibility index (Phi) is 3.70. The Labute approximate surface area is 71.7 Å². The van der Waals surface area contributed by atoms with Gasteiger partial charge in [0.15, 0.2) is 0 Å². The van der Waals surface area contributed by atoms with Gasteiger partial charge in [-0.1, -0.05) is 19.7 Å². The second-order valence-electron chi connectivity index (χ2n) is 2.18. The van der Waals surface area contributed by atoms with Crippen LogP contribution in [0.2, 0.25) is 0 Å². The minimum Gasteiger partial charge on any atom is -0.269 e. The molecule has 0 N–H and O–H groups in total. The predicted octanol–water partition coefficient (Wildman–Crippen LogP) is 1.25. The van der Waals surface area contributed by atoms with E-state index >= 15 is 0 Å². The molecule has 64 valence electrons. The first-order chi connectivity index (χ1) is 5.54. The van der Waals surface area contributed by atoms with Gasteiger partial charge in [0, 0.05) is 11.8 Å². The normalized spacial score (nSPS) is 8.42. The van der Waals surface area contributed by atoms with Gasteiger partial charge in [0.1, 0.15) is 0 Å². The highest BCUT2D eigenvalue weighted by atomic mass is 16.2. The molecule has 0 heterocycles. The molecule has 0 rings (SSSR count). The first-order valence-electron chi connectivity index (χ1n) is 3.32. The smallest absolute Gasteiger partial charge is 0.259 e. The van der Waals surface area contributed by atoms with Gasteiger partial charge in [-0.05, 0) is 13.0 Å². The molecule has 0 radical (unpaired) electrons. The average molecular weight is 165 g/mol. The molecule has 0 saturated carbocycles. The molecule has 2 amide bonds. The topological polar surface area (TPSA) is 37.4 Å². The molecular weight excluding hydrogens is 154 g/mol. The van der Waals surface area contributed by atoms with E-state index in [2.05, 4.69) is 19.7 Å². The Morgan fingerprint density at radius 3 is 2.08 bits per heavy atom. The van der Waals surface area contributed by atoms with E-state index in [1.807, 2.05) is 0 Å². The zero-order valence-electron chi connectivity index (χ0n) is 7.04. The predicted molar refractivity (Wildman–Crippen MR) is 47.1 cm³/mol. The van der Waals surface area contributed by atoms with E-state index in [0.717, 1.165) is 17.2 Å². The number of hydrogen-bond acceptors (Lipinski definition) is 2. The lowest BCUT2D eigenvalue weighted by Crippen LogP contribution is -2.30. The molecule has 0 aliphatic carbocycles. The molecule has 0 aliphatic heterocycles. The number of hydrogen-bond donors (Lipinski definition) is 0. The van der Waals surface area contributed by atoms with Crippen LogP contribution in [-0.4, -0.2) is 16.7 Å². The maximum absolute atomic E-state index is 11.2. The second kappa shape index (κ2) is 4.28. The summed E-state index contributed by atoms with van der Waals surface area (Å²) in [5.41, 5.74) is 0.283. The van der Waals surface area contributed by atoms with Gasteiger partial charge in [-0.2, -0.15) is 0 Å². The van der Waals surface area contributed by atoms with Gasteiger partial charge in [0.2, 0.25) is 0 Å². The van der Waals surface area contributed by atoms with Crippen LogP contribution in [0.1, 0.15) is 6.92 Å². The van der Waals surface area contributed by atoms with Crippen LogP contribution in [0.15, 0.2) is 37.6 Å². The summed E-state index contributed by atoms with van der Waals surface area (Å²) >= 11 is 0. The minimum atomic E-state index is -0.502. The molecule has 0 atom stereocenters. The zero-order valence-corrected chi connectivity index (χ0v) is 7.04. The number of carbonyl (C=O) groups excluding carboxylic acids is 2. The minimum absolute atomic E-state index is 0.283. The van der Waals surface area contributed by atoms with Gasteiger partial charge in [0.25, 0.3) is 11.8 Å². The van der Waals surface area contributed by atoms with Crippen LogP contribution < -0.4 is 0 Å². The van der Waals surface area contributed by atoms with Crippen LogP contribution in [0.3, 0.4) is 0 Å². The molecule has 0 fully saturated rings. The van der Waals surface area contributed by atoms with Crippen LogP contribution in [0.5, 0.6) is 0 Å². The van der Waals surface area contributed by atoms with E-state index in [9.17, 15) is 9.59 Å². The Bertz CT molecular complexity index is 253. The highest BCUT2D eigenvalue weighted by Gasteiger charge is 2.15. The highest BCUT2D eigenvalue weighted by Crippen LogP contribution is 2.00. The molecule has 0 bridgehead atoms. The maximum atomic E-state index is 11.2. The van der Waals surface area contributed by atoms with E-state index < -0.39 is 11.8 Å². The third-order valence-electron chi connectivity index (χ3n) is 1.18. The first-order valence-corrected chi connectivity index (χ1v) is 3.32. The van der Waals surface area contributed by atoms with E-state index in [0.29, 0.717) is 0 Å². The van der Waals surface area contributed by atoms with E-state index in [-0.39, 0.29) is 5.57 Å². The third kappa shape index (κ3) is 2.20. The molecule has 0 aromatic carbocycles. The van der Waals surface area contributed by atoms with Crippen molar-refractivity contribution in [2.45, 2.75) is 6.92 Å². The number of nitrogens with zero attached hydrogens (tertiary/aromatic N) is 1. The maximum Gasteiger partial charge on any atom is 0.259 e. The fourth-order valence-electron chi connectivity index (χ4n) is 0.577. The SMILES string of the molecule is C=CC(=O)N(C=C)C(=O)C(=C)C. The summed E-state index contributed by atoms with van der Waals surface area (Å²) in [6.07, 6.45) is 2.18. The standard InChI is InChI=1S/C9H11NO2/c1-5-8(11)10(6-2)9(12)7(3)4/h5-6H,1-3H2,4H3. The van der Waals surface area contributed by atoms with Gasteiger partial charge in [-0.15, -0.1) is 0 Å². The van der Waals surface area contributed by atoms with Crippen molar-refractivity contribution in [3.8, 4) is 0 Å². The molecular formula is C9H11NO2. The summed E-state index contributed by atoms with van der Waals surface area (Å²) < 4.78 is 0. The summed E-state index contributed by atoms with van der Waals surface area (Å²) in [6.45, 7) is 11.5. The van der Waals surface area contributed by atoms with Gasteiger partial charge in [0.05, 0.1) is 0 Å². The Morgan fingerprint density at radius 2 is 1.83 bits per heavy atom. The van der Waals surface area contributed by atoms with E-state index in [4.69, 9.17) is 0 Å². The van der Waals surface area contributed by atoms with Gasteiger partial charge >= 0.3 is 0 Å². The quantitative estimate of drug-likeness (QED) is 0.590. The van der Waals surface area contributed by atoms with E-state index in [1.54, 1.807) is 0 Å². The van der Waals surface area contributed by atoms with Gasteiger partial charge in [-0.3, -0.25) is 14.5 Å². The largest absolute Gasteiger partial charge is 0.269 e. The summed E-state index contributed by atoms with van der Waals surface area (Å²) in [5, 5.41) is 0. The van der Waals surface area contributed by atoms with Crippen LogP contribution in [-0.2, 0) is 9.59 Å². The van der Waals surface area contributed by atoms with E-state index in [1.165, 1.54) is 6.92 Å². The van der Waals surface area contributed by atoms with Gasteiger partial charge in [-0.25, -0.2) is 0 Å². The summed E-state index contributed by atoms with van der Waals surface area (Å²) in [5.74, 6) is -0.965. The highest BCUT2D eigenvalue weighted by molar-refractivity contribution is 6.07. The number of amides is 2. The lowest BCUT2D eigenvalue weighted by Gasteiger charge is -2.12. The molecule has 0 aliphatic rings. The summed E-state index contributed by atoms with van der Waals surface area (Å²) in [7, 11) is 0. The van der Waals surface area contributed by atoms with Crippen LogP contribution in [0, 0.1) is 0 Å². The molecule has 0 saturated heterocycles. The number of rotatable bonds is 3. The molecule has 3 heteroatoms. The lowest BCUT2D eigenvalue weighted by atomic mass is 10.3. The molecule has 12 heavy (non-hydrogen) atoms. The number of carbonyl (C=O) groups is 2. The molecule has 0 aromatic rings. The van der Waals surface area contributed by atoms with Crippen molar-refractivity contribution in [1.29, 1.82) is 0 Å². The summed E-state index contributed by atoms with van der Waals surface area (Å²) in [4.78, 5) is 23.0. The van der Waals surface area contributed by atoms with Crippen molar-refractivity contribution >= 4 is 11.8 Å². The van der Waals surface area contributed by atoms with Crippen molar-refractivity contribution in [1.82, 2.24) is 4.90 Å². The average Bonchev–Trinajstić information content (AvgIpc) is 2.05. The summed E-state index contributed by atoms with van der Waals surface area (Å²) in [6, 6.07) is 0. The van der Waals surface area contributed by atoms with Crippen LogP contribution >= 0.6 is 0 Å². The Morgan fingerprint density at radius 1 is 1.33 bits per heavy atom. The van der Waals surface area contributed by atoms with Gasteiger partial charge < -0.3 is 0 Å². The Balaban J connectivity index is 4.67. The fourth-order valence-corrected chi connectivity index (χ4v) is 0.577. The molecule has 3 nitrogen and oxygen atoms in total. The van der Waals surface area contributed by atoms with Crippen molar-refractivity contribution in [3.63, 3.8) is 0 Å². The number of imide groups is 1. The second-order valence-corrected chi connectivity index (χ2v) is 2.18. The van der Waals surface area contributed by atoms with Crippen molar-refractivity contribution in [3.05, 3.63) is 37.6 Å².